The second kappa shape index (κ2) is 3.97. The molecule has 1 aromatic rings. The van der Waals surface area contributed by atoms with Gasteiger partial charge in [0.25, 0.3) is 0 Å². The summed E-state index contributed by atoms with van der Waals surface area (Å²) in [5.74, 6) is 0.625. The number of hydrogen-bond donors (Lipinski definition) is 2. The maximum Gasteiger partial charge on any atom is 0.213 e. The molecule has 80 valence electrons. The number of primary sulfonamides is 1. The van der Waals surface area contributed by atoms with Crippen molar-refractivity contribution in [3.05, 3.63) is 12.4 Å². The van der Waals surface area contributed by atoms with Crippen LogP contribution in [0.3, 0.4) is 0 Å². The Hall–Kier alpha value is -1.08. The normalized spacial score (nSPS) is 13.9. The first kappa shape index (κ1) is 11.0. The smallest absolute Gasteiger partial charge is 0.213 e. The van der Waals surface area contributed by atoms with Crippen LogP contribution >= 0.6 is 0 Å². The highest BCUT2D eigenvalue weighted by Crippen LogP contribution is 2.02. The molecule has 0 amide bonds. The summed E-state index contributed by atoms with van der Waals surface area (Å²) in [7, 11) is -1.65. The quantitative estimate of drug-likeness (QED) is 0.713. The van der Waals surface area contributed by atoms with Gasteiger partial charge in [0.05, 0.1) is 5.25 Å². The Bertz CT molecular complexity index is 398. The van der Waals surface area contributed by atoms with Gasteiger partial charge in [-0.25, -0.2) is 18.5 Å². The molecule has 0 aromatic carbocycles. The van der Waals surface area contributed by atoms with Crippen molar-refractivity contribution < 1.29 is 8.42 Å². The van der Waals surface area contributed by atoms with Gasteiger partial charge in [-0.05, 0) is 6.92 Å². The Morgan fingerprint density at radius 1 is 1.71 bits per heavy atom. The molecule has 0 aliphatic rings. The van der Waals surface area contributed by atoms with Gasteiger partial charge in [0, 0.05) is 26.0 Å². The fourth-order valence-electron chi connectivity index (χ4n) is 0.887. The summed E-state index contributed by atoms with van der Waals surface area (Å²) in [6, 6.07) is 0. The average molecular weight is 218 g/mol. The maximum atomic E-state index is 10.9. The van der Waals surface area contributed by atoms with E-state index >= 15 is 0 Å². The predicted molar refractivity (Wildman–Crippen MR) is 54.3 cm³/mol. The van der Waals surface area contributed by atoms with E-state index in [0.717, 1.165) is 0 Å². The highest BCUT2D eigenvalue weighted by molar-refractivity contribution is 7.89. The third-order valence-corrected chi connectivity index (χ3v) is 3.22. The van der Waals surface area contributed by atoms with Crippen molar-refractivity contribution >= 4 is 16.0 Å². The van der Waals surface area contributed by atoms with Crippen LogP contribution < -0.4 is 10.5 Å². The molecule has 0 bridgehead atoms. The van der Waals surface area contributed by atoms with E-state index in [1.807, 2.05) is 7.05 Å². The van der Waals surface area contributed by atoms with Crippen molar-refractivity contribution in [3.63, 3.8) is 0 Å². The first-order valence-corrected chi connectivity index (χ1v) is 5.75. The molecule has 6 nitrogen and oxygen atoms in total. The van der Waals surface area contributed by atoms with Gasteiger partial charge in [0.2, 0.25) is 16.0 Å². The molecule has 0 aliphatic heterocycles. The minimum atomic E-state index is -3.47. The molecule has 7 heteroatoms. The van der Waals surface area contributed by atoms with Crippen molar-refractivity contribution in [2.75, 3.05) is 11.9 Å². The standard InChI is InChI=1S/C7H14N4O2S/c1-6(14(8,12)13)5-10-7-9-3-4-11(7)2/h3-4,6H,5H2,1-2H3,(H,9,10)(H2,8,12,13). The van der Waals surface area contributed by atoms with Crippen molar-refractivity contribution in [1.82, 2.24) is 9.55 Å². The number of anilines is 1. The van der Waals surface area contributed by atoms with Crippen LogP contribution in [0.25, 0.3) is 0 Å². The van der Waals surface area contributed by atoms with E-state index < -0.39 is 15.3 Å². The lowest BCUT2D eigenvalue weighted by molar-refractivity contribution is 0.587. The molecule has 14 heavy (non-hydrogen) atoms. The summed E-state index contributed by atoms with van der Waals surface area (Å²) >= 11 is 0. The molecule has 1 heterocycles. The Morgan fingerprint density at radius 3 is 2.79 bits per heavy atom. The summed E-state index contributed by atoms with van der Waals surface area (Å²) in [6.45, 7) is 1.80. The first-order valence-electron chi connectivity index (χ1n) is 4.14. The molecule has 1 rings (SSSR count). The number of nitrogens with one attached hydrogen (secondary N) is 1. The molecule has 1 aromatic heterocycles. The van der Waals surface area contributed by atoms with Gasteiger partial charge in [-0.2, -0.15) is 0 Å². The maximum absolute atomic E-state index is 10.9. The van der Waals surface area contributed by atoms with Crippen LogP contribution in [0.2, 0.25) is 0 Å². The van der Waals surface area contributed by atoms with Gasteiger partial charge in [-0.1, -0.05) is 0 Å². The summed E-state index contributed by atoms with van der Waals surface area (Å²) in [5, 5.41) is 7.23. The summed E-state index contributed by atoms with van der Waals surface area (Å²) in [6.07, 6.45) is 3.40. The highest BCUT2D eigenvalue weighted by Gasteiger charge is 2.15. The van der Waals surface area contributed by atoms with E-state index in [1.165, 1.54) is 0 Å². The Labute approximate surface area is 83.2 Å². The van der Waals surface area contributed by atoms with Crippen molar-refractivity contribution in [3.8, 4) is 0 Å². The number of aromatic nitrogens is 2. The first-order chi connectivity index (χ1) is 6.41. The molecule has 1 unspecified atom stereocenters. The molecule has 3 N–H and O–H groups in total. The molecule has 0 aliphatic carbocycles. The van der Waals surface area contributed by atoms with Crippen molar-refractivity contribution in [2.24, 2.45) is 12.2 Å². The molecule has 0 fully saturated rings. The molecule has 0 saturated carbocycles. The Kier molecular flexibility index (Phi) is 3.12. The van der Waals surface area contributed by atoms with Crippen LogP contribution in [0, 0.1) is 0 Å². The van der Waals surface area contributed by atoms with Gasteiger partial charge in [-0.15, -0.1) is 0 Å². The largest absolute Gasteiger partial charge is 0.354 e. The SMILES string of the molecule is CC(CNc1nccn1C)S(N)(=O)=O. The van der Waals surface area contributed by atoms with Crippen LogP contribution in [-0.4, -0.2) is 29.8 Å². The Balaban J connectivity index is 2.54. The molecule has 0 spiro atoms. The minimum Gasteiger partial charge on any atom is -0.354 e. The minimum absolute atomic E-state index is 0.254. The van der Waals surface area contributed by atoms with Gasteiger partial charge < -0.3 is 9.88 Å². The number of aryl methyl sites for hydroxylation is 1. The van der Waals surface area contributed by atoms with Gasteiger partial charge in [0.15, 0.2) is 0 Å². The third-order valence-electron chi connectivity index (χ3n) is 1.93. The number of imidazole rings is 1. The summed E-state index contributed by atoms with van der Waals surface area (Å²) < 4.78 is 23.5. The third kappa shape index (κ3) is 2.71. The zero-order valence-corrected chi connectivity index (χ0v) is 8.95. The zero-order valence-electron chi connectivity index (χ0n) is 8.14. The van der Waals surface area contributed by atoms with E-state index in [2.05, 4.69) is 10.3 Å². The van der Waals surface area contributed by atoms with Crippen LogP contribution in [0.15, 0.2) is 12.4 Å². The zero-order chi connectivity index (χ0) is 10.8. The van der Waals surface area contributed by atoms with Gasteiger partial charge in [-0.3, -0.25) is 0 Å². The van der Waals surface area contributed by atoms with E-state index in [9.17, 15) is 8.42 Å². The number of rotatable bonds is 4. The van der Waals surface area contributed by atoms with Crippen molar-refractivity contribution in [2.45, 2.75) is 12.2 Å². The lowest BCUT2D eigenvalue weighted by Crippen LogP contribution is -2.32. The highest BCUT2D eigenvalue weighted by atomic mass is 32.2. The van der Waals surface area contributed by atoms with Crippen LogP contribution in [0.4, 0.5) is 5.95 Å². The monoisotopic (exact) mass is 218 g/mol. The number of hydrogen-bond acceptors (Lipinski definition) is 4. The molecule has 0 saturated heterocycles. The second-order valence-electron chi connectivity index (χ2n) is 3.14. The van der Waals surface area contributed by atoms with Gasteiger partial charge in [0.1, 0.15) is 0 Å². The fourth-order valence-corrected chi connectivity index (χ4v) is 1.20. The molecule has 1 atom stereocenters. The molecule has 0 radical (unpaired) electrons. The summed E-state index contributed by atoms with van der Waals surface area (Å²) in [4.78, 5) is 3.99. The number of nitrogens with zero attached hydrogens (tertiary/aromatic N) is 2. The summed E-state index contributed by atoms with van der Waals surface area (Å²) in [5.41, 5.74) is 0. The lowest BCUT2D eigenvalue weighted by atomic mass is 10.5. The van der Waals surface area contributed by atoms with Crippen LogP contribution in [0.5, 0.6) is 0 Å². The van der Waals surface area contributed by atoms with E-state index in [4.69, 9.17) is 5.14 Å². The molecular formula is C7H14N4O2S. The number of nitrogens with two attached hydrogens (primary N) is 1. The van der Waals surface area contributed by atoms with E-state index in [-0.39, 0.29) is 6.54 Å². The Morgan fingerprint density at radius 2 is 2.36 bits per heavy atom. The number of sulfonamides is 1. The van der Waals surface area contributed by atoms with Crippen molar-refractivity contribution in [1.29, 1.82) is 0 Å². The predicted octanol–water partition coefficient (Wildman–Crippen LogP) is -0.491. The lowest BCUT2D eigenvalue weighted by Gasteiger charge is -2.10. The average Bonchev–Trinajstić information content (AvgIpc) is 2.45. The topological polar surface area (TPSA) is 90.0 Å². The van der Waals surface area contributed by atoms with Crippen LogP contribution in [-0.2, 0) is 17.1 Å². The van der Waals surface area contributed by atoms with E-state index in [0.29, 0.717) is 5.95 Å². The second-order valence-corrected chi connectivity index (χ2v) is 5.13. The van der Waals surface area contributed by atoms with Crippen LogP contribution in [0.1, 0.15) is 6.92 Å². The molecular weight excluding hydrogens is 204 g/mol. The van der Waals surface area contributed by atoms with E-state index in [1.54, 1.807) is 23.9 Å². The van der Waals surface area contributed by atoms with Gasteiger partial charge >= 0.3 is 0 Å². The fraction of sp³-hybridized carbons (Fsp3) is 0.571.